The molecule has 28 heavy (non-hydrogen) atoms. The number of nitrogens with one attached hydrogen (secondary N) is 1. The van der Waals surface area contributed by atoms with Crippen molar-refractivity contribution in [1.82, 2.24) is 5.32 Å². The Morgan fingerprint density at radius 3 is 2.46 bits per heavy atom. The number of non-ortho nitro benzene ring substituents is 1. The van der Waals surface area contributed by atoms with Gasteiger partial charge in [-0.2, -0.15) is 0 Å². The smallest absolute Gasteiger partial charge is 0.271 e. The van der Waals surface area contributed by atoms with E-state index in [1.54, 1.807) is 0 Å². The van der Waals surface area contributed by atoms with Gasteiger partial charge in [-0.3, -0.25) is 19.2 Å². The van der Waals surface area contributed by atoms with Crippen LogP contribution in [0.1, 0.15) is 29.7 Å². The van der Waals surface area contributed by atoms with Crippen LogP contribution in [0.25, 0.3) is 0 Å². The van der Waals surface area contributed by atoms with E-state index in [1.807, 2.05) is 39.0 Å². The fourth-order valence-corrected chi connectivity index (χ4v) is 3.82. The van der Waals surface area contributed by atoms with E-state index in [0.29, 0.717) is 0 Å². The summed E-state index contributed by atoms with van der Waals surface area (Å²) < 4.78 is 25.2. The van der Waals surface area contributed by atoms with Crippen LogP contribution in [-0.4, -0.2) is 32.0 Å². The Bertz CT molecular complexity index is 1000. The summed E-state index contributed by atoms with van der Waals surface area (Å²) in [6.45, 7) is 5.25. The first-order valence-corrected chi connectivity index (χ1v) is 10.4. The maximum Gasteiger partial charge on any atom is 0.271 e. The molecule has 0 radical (unpaired) electrons. The molecule has 0 unspecified atom stereocenters. The Morgan fingerprint density at radius 1 is 1.21 bits per heavy atom. The Balaban J connectivity index is 2.22. The number of hydrogen-bond acceptors (Lipinski definition) is 5. The highest BCUT2D eigenvalue weighted by atomic mass is 32.2. The van der Waals surface area contributed by atoms with Crippen LogP contribution in [0.15, 0.2) is 42.5 Å². The standard InChI is InChI=1S/C19H23N3O5S/c1-13-8-9-18(14(2)10-13)15(3)20-19(23)12-21(28(4,26)27)16-6-5-7-17(11-16)22(24)25/h5-11,15H,12H2,1-4H3,(H,20,23)/t15-/m1/s1. The molecular weight excluding hydrogens is 382 g/mol. The van der Waals surface area contributed by atoms with Crippen molar-refractivity contribution in [2.45, 2.75) is 26.8 Å². The van der Waals surface area contributed by atoms with E-state index in [2.05, 4.69) is 5.32 Å². The lowest BCUT2D eigenvalue weighted by atomic mass is 10.0. The van der Waals surface area contributed by atoms with E-state index in [9.17, 15) is 23.3 Å². The lowest BCUT2D eigenvalue weighted by Gasteiger charge is -2.23. The van der Waals surface area contributed by atoms with Gasteiger partial charge < -0.3 is 5.32 Å². The zero-order valence-corrected chi connectivity index (χ0v) is 17.0. The molecule has 8 nitrogen and oxygen atoms in total. The van der Waals surface area contributed by atoms with Crippen LogP contribution in [0, 0.1) is 24.0 Å². The zero-order valence-electron chi connectivity index (χ0n) is 16.2. The third-order valence-electron chi connectivity index (χ3n) is 4.29. The fraction of sp³-hybridized carbons (Fsp3) is 0.316. The summed E-state index contributed by atoms with van der Waals surface area (Å²) in [6, 6.07) is 10.7. The second-order valence-corrected chi connectivity index (χ2v) is 8.60. The Morgan fingerprint density at radius 2 is 1.89 bits per heavy atom. The van der Waals surface area contributed by atoms with Gasteiger partial charge in [0, 0.05) is 12.1 Å². The molecule has 2 aromatic carbocycles. The highest BCUT2D eigenvalue weighted by Gasteiger charge is 2.23. The van der Waals surface area contributed by atoms with Crippen molar-refractivity contribution in [1.29, 1.82) is 0 Å². The number of sulfonamides is 1. The molecule has 0 aliphatic rings. The molecule has 2 aromatic rings. The van der Waals surface area contributed by atoms with Gasteiger partial charge in [-0.15, -0.1) is 0 Å². The molecule has 1 amide bonds. The molecule has 0 heterocycles. The van der Waals surface area contributed by atoms with Crippen molar-refractivity contribution >= 4 is 27.3 Å². The van der Waals surface area contributed by atoms with Crippen molar-refractivity contribution in [2.75, 3.05) is 17.1 Å². The minimum Gasteiger partial charge on any atom is -0.348 e. The Kier molecular flexibility index (Phi) is 6.40. The number of carbonyl (C=O) groups excluding carboxylic acids is 1. The van der Waals surface area contributed by atoms with Gasteiger partial charge in [0.2, 0.25) is 15.9 Å². The molecule has 9 heteroatoms. The minimum atomic E-state index is -3.82. The number of rotatable bonds is 7. The molecular formula is C19H23N3O5S. The van der Waals surface area contributed by atoms with Crippen molar-refractivity contribution in [3.05, 3.63) is 69.3 Å². The first kappa shape index (κ1) is 21.4. The van der Waals surface area contributed by atoms with Crippen molar-refractivity contribution in [3.63, 3.8) is 0 Å². The molecule has 0 saturated carbocycles. The summed E-state index contributed by atoms with van der Waals surface area (Å²) in [4.78, 5) is 22.8. The van der Waals surface area contributed by atoms with E-state index in [-0.39, 0.29) is 17.4 Å². The number of nitrogens with zero attached hydrogens (tertiary/aromatic N) is 2. The molecule has 1 N–H and O–H groups in total. The van der Waals surface area contributed by atoms with E-state index in [1.165, 1.54) is 18.2 Å². The minimum absolute atomic E-state index is 0.0611. The fourth-order valence-electron chi connectivity index (χ4n) is 2.97. The van der Waals surface area contributed by atoms with E-state index < -0.39 is 27.4 Å². The van der Waals surface area contributed by atoms with Crippen LogP contribution in [0.3, 0.4) is 0 Å². The first-order valence-electron chi connectivity index (χ1n) is 8.57. The Labute approximate surface area is 164 Å². The van der Waals surface area contributed by atoms with Gasteiger partial charge in [0.05, 0.1) is 22.9 Å². The van der Waals surface area contributed by atoms with E-state index in [0.717, 1.165) is 33.3 Å². The number of nitro groups is 1. The summed E-state index contributed by atoms with van der Waals surface area (Å²) in [5, 5.41) is 13.8. The highest BCUT2D eigenvalue weighted by Crippen LogP contribution is 2.23. The monoisotopic (exact) mass is 405 g/mol. The number of benzene rings is 2. The summed E-state index contributed by atoms with van der Waals surface area (Å²) in [6.07, 6.45) is 0.951. The molecule has 0 aliphatic heterocycles. The zero-order chi connectivity index (χ0) is 21.1. The maximum atomic E-state index is 12.5. The number of anilines is 1. The maximum absolute atomic E-state index is 12.5. The van der Waals surface area contributed by atoms with Gasteiger partial charge >= 0.3 is 0 Å². The molecule has 0 fully saturated rings. The number of hydrogen-bond donors (Lipinski definition) is 1. The molecule has 0 saturated heterocycles. The van der Waals surface area contributed by atoms with Gasteiger partial charge in [-0.1, -0.05) is 29.8 Å². The third kappa shape index (κ3) is 5.29. The highest BCUT2D eigenvalue weighted by molar-refractivity contribution is 7.92. The molecule has 150 valence electrons. The van der Waals surface area contributed by atoms with Crippen LogP contribution < -0.4 is 9.62 Å². The summed E-state index contributed by atoms with van der Waals surface area (Å²) in [7, 11) is -3.82. The molecule has 2 rings (SSSR count). The normalized spacial score (nSPS) is 12.3. The van der Waals surface area contributed by atoms with Gasteiger partial charge in [0.15, 0.2) is 0 Å². The molecule has 0 aliphatic carbocycles. The Hall–Kier alpha value is -2.94. The largest absolute Gasteiger partial charge is 0.348 e. The van der Waals surface area contributed by atoms with Gasteiger partial charge in [-0.25, -0.2) is 8.42 Å². The van der Waals surface area contributed by atoms with Crippen LogP contribution in [0.5, 0.6) is 0 Å². The molecule has 0 bridgehead atoms. The number of amides is 1. The van der Waals surface area contributed by atoms with Crippen molar-refractivity contribution in [2.24, 2.45) is 0 Å². The van der Waals surface area contributed by atoms with Crippen molar-refractivity contribution < 1.29 is 18.1 Å². The predicted molar refractivity (Wildman–Crippen MR) is 108 cm³/mol. The van der Waals surface area contributed by atoms with Crippen LogP contribution in [-0.2, 0) is 14.8 Å². The average Bonchev–Trinajstić information content (AvgIpc) is 2.58. The quantitative estimate of drug-likeness (QED) is 0.563. The lowest BCUT2D eigenvalue weighted by Crippen LogP contribution is -2.41. The second kappa shape index (κ2) is 8.39. The van der Waals surface area contributed by atoms with Gasteiger partial charge in [-0.05, 0) is 38.0 Å². The van der Waals surface area contributed by atoms with Crippen LogP contribution in [0.4, 0.5) is 11.4 Å². The SMILES string of the molecule is Cc1ccc([C@@H](C)NC(=O)CN(c2cccc([N+](=O)[O-])c2)S(C)(=O)=O)c(C)c1. The molecule has 0 spiro atoms. The lowest BCUT2D eigenvalue weighted by molar-refractivity contribution is -0.384. The van der Waals surface area contributed by atoms with Gasteiger partial charge in [0.25, 0.3) is 5.69 Å². The second-order valence-electron chi connectivity index (χ2n) is 6.70. The molecule has 1 atom stereocenters. The van der Waals surface area contributed by atoms with Gasteiger partial charge in [0.1, 0.15) is 6.54 Å². The average molecular weight is 405 g/mol. The summed E-state index contributed by atoms with van der Waals surface area (Å²) in [5.41, 5.74) is 2.86. The van der Waals surface area contributed by atoms with E-state index >= 15 is 0 Å². The first-order chi connectivity index (χ1) is 13.0. The van der Waals surface area contributed by atoms with E-state index in [4.69, 9.17) is 0 Å². The number of aryl methyl sites for hydroxylation is 2. The summed E-state index contributed by atoms with van der Waals surface area (Å²) >= 11 is 0. The third-order valence-corrected chi connectivity index (χ3v) is 5.43. The predicted octanol–water partition coefficient (Wildman–Crippen LogP) is 2.86. The number of nitro benzene ring substituents is 1. The van der Waals surface area contributed by atoms with Crippen LogP contribution >= 0.6 is 0 Å². The topological polar surface area (TPSA) is 110 Å². The molecule has 0 aromatic heterocycles. The van der Waals surface area contributed by atoms with Crippen molar-refractivity contribution in [3.8, 4) is 0 Å². The van der Waals surface area contributed by atoms with Crippen LogP contribution in [0.2, 0.25) is 0 Å². The number of carbonyl (C=O) groups is 1. The summed E-state index contributed by atoms with van der Waals surface area (Å²) in [5.74, 6) is -0.510.